The van der Waals surface area contributed by atoms with Crippen LogP contribution < -0.4 is 10.6 Å². The summed E-state index contributed by atoms with van der Waals surface area (Å²) in [7, 11) is 1.99. The molecule has 0 spiro atoms. The van der Waals surface area contributed by atoms with Crippen LogP contribution in [0.2, 0.25) is 0 Å². The summed E-state index contributed by atoms with van der Waals surface area (Å²) in [5.41, 5.74) is 2.13. The Hall–Kier alpha value is -1.10. The van der Waals surface area contributed by atoms with Crippen molar-refractivity contribution in [3.63, 3.8) is 0 Å². The molecule has 2 N–H and O–H groups in total. The summed E-state index contributed by atoms with van der Waals surface area (Å²) in [5.74, 6) is 0.0534. The normalized spacial score (nSPS) is 14.7. The molecule has 0 atom stereocenters. The third kappa shape index (κ3) is 4.49. The van der Waals surface area contributed by atoms with E-state index < -0.39 is 0 Å². The Bertz CT molecular complexity index is 421. The van der Waals surface area contributed by atoms with E-state index in [-0.39, 0.29) is 18.3 Å². The Morgan fingerprint density at radius 3 is 2.79 bits per heavy atom. The number of halogens is 1. The van der Waals surface area contributed by atoms with Crippen LogP contribution in [-0.2, 0) is 11.2 Å². The fourth-order valence-electron chi connectivity index (χ4n) is 2.01. The standard InChI is InChI=1S/C14H21N3O.ClH/c1-3-11-5-4-6-12(7-11)16-14(18)10-17(2)13-8-15-9-13;/h4-7,13,15H,3,8-10H2,1-2H3,(H,16,18);1H. The third-order valence-electron chi connectivity index (χ3n) is 3.40. The molecule has 0 unspecified atom stereocenters. The summed E-state index contributed by atoms with van der Waals surface area (Å²) in [6.07, 6.45) is 0.983. The average Bonchev–Trinajstić information content (AvgIpc) is 2.26. The van der Waals surface area contributed by atoms with Crippen molar-refractivity contribution in [1.29, 1.82) is 0 Å². The zero-order valence-electron chi connectivity index (χ0n) is 11.5. The molecule has 1 fully saturated rings. The van der Waals surface area contributed by atoms with Crippen molar-refractivity contribution in [2.24, 2.45) is 0 Å². The van der Waals surface area contributed by atoms with Crippen LogP contribution >= 0.6 is 12.4 Å². The molecule has 1 amide bonds. The van der Waals surface area contributed by atoms with Gasteiger partial charge in [-0.05, 0) is 31.2 Å². The van der Waals surface area contributed by atoms with Gasteiger partial charge >= 0.3 is 0 Å². The smallest absolute Gasteiger partial charge is 0.238 e. The maximum atomic E-state index is 11.9. The van der Waals surface area contributed by atoms with Crippen LogP contribution in [0.4, 0.5) is 5.69 Å². The number of hydrogen-bond acceptors (Lipinski definition) is 3. The van der Waals surface area contributed by atoms with E-state index in [0.717, 1.165) is 25.2 Å². The number of aryl methyl sites for hydroxylation is 1. The summed E-state index contributed by atoms with van der Waals surface area (Å²) >= 11 is 0. The van der Waals surface area contributed by atoms with Gasteiger partial charge in [0.25, 0.3) is 0 Å². The van der Waals surface area contributed by atoms with Gasteiger partial charge in [0.05, 0.1) is 6.54 Å². The summed E-state index contributed by atoms with van der Waals surface area (Å²) < 4.78 is 0. The zero-order valence-corrected chi connectivity index (χ0v) is 12.3. The van der Waals surface area contributed by atoms with Crippen molar-refractivity contribution in [2.75, 3.05) is 32.0 Å². The minimum absolute atomic E-state index is 0. The number of nitrogens with zero attached hydrogens (tertiary/aromatic N) is 1. The Labute approximate surface area is 121 Å². The van der Waals surface area contributed by atoms with Gasteiger partial charge < -0.3 is 10.6 Å². The SMILES string of the molecule is CCc1cccc(NC(=O)CN(C)C2CNC2)c1.Cl. The lowest BCUT2D eigenvalue weighted by molar-refractivity contribution is -0.117. The van der Waals surface area contributed by atoms with Crippen molar-refractivity contribution in [3.8, 4) is 0 Å². The first-order valence-corrected chi connectivity index (χ1v) is 6.48. The van der Waals surface area contributed by atoms with Crippen molar-refractivity contribution >= 4 is 24.0 Å². The van der Waals surface area contributed by atoms with Crippen LogP contribution in [0.1, 0.15) is 12.5 Å². The van der Waals surface area contributed by atoms with Gasteiger partial charge in [0.15, 0.2) is 0 Å². The van der Waals surface area contributed by atoms with Crippen LogP contribution in [0.5, 0.6) is 0 Å². The van der Waals surface area contributed by atoms with Crippen molar-refractivity contribution in [2.45, 2.75) is 19.4 Å². The molecule has 19 heavy (non-hydrogen) atoms. The first kappa shape index (κ1) is 16.0. The Kier molecular flexibility index (Phi) is 6.28. The molecule has 4 nitrogen and oxygen atoms in total. The molecule has 0 aromatic heterocycles. The second-order valence-electron chi connectivity index (χ2n) is 4.83. The first-order valence-electron chi connectivity index (χ1n) is 6.48. The van der Waals surface area contributed by atoms with Gasteiger partial charge in [-0.3, -0.25) is 9.69 Å². The van der Waals surface area contributed by atoms with E-state index in [1.807, 2.05) is 25.2 Å². The summed E-state index contributed by atoms with van der Waals surface area (Å²) in [4.78, 5) is 14.0. The van der Waals surface area contributed by atoms with Crippen LogP contribution in [0, 0.1) is 0 Å². The Morgan fingerprint density at radius 2 is 2.21 bits per heavy atom. The van der Waals surface area contributed by atoms with Crippen molar-refractivity contribution in [1.82, 2.24) is 10.2 Å². The number of carbonyl (C=O) groups is 1. The number of nitrogens with one attached hydrogen (secondary N) is 2. The minimum atomic E-state index is 0. The van der Waals surface area contributed by atoms with Gasteiger partial charge in [0.1, 0.15) is 0 Å². The quantitative estimate of drug-likeness (QED) is 0.861. The predicted molar refractivity (Wildman–Crippen MR) is 81.0 cm³/mol. The maximum Gasteiger partial charge on any atom is 0.238 e. The number of anilines is 1. The lowest BCUT2D eigenvalue weighted by Gasteiger charge is -2.35. The fourth-order valence-corrected chi connectivity index (χ4v) is 2.01. The van der Waals surface area contributed by atoms with Gasteiger partial charge in [-0.2, -0.15) is 0 Å². The minimum Gasteiger partial charge on any atom is -0.325 e. The van der Waals surface area contributed by atoms with E-state index in [1.165, 1.54) is 5.56 Å². The number of benzene rings is 1. The molecule has 1 aromatic rings. The molecular formula is C14H22ClN3O. The highest BCUT2D eigenvalue weighted by Crippen LogP contribution is 2.11. The molecule has 2 rings (SSSR count). The number of likely N-dealkylation sites (N-methyl/N-ethyl adjacent to an activating group) is 1. The largest absolute Gasteiger partial charge is 0.325 e. The fraction of sp³-hybridized carbons (Fsp3) is 0.500. The van der Waals surface area contributed by atoms with Gasteiger partial charge in [0.2, 0.25) is 5.91 Å². The first-order chi connectivity index (χ1) is 8.69. The monoisotopic (exact) mass is 283 g/mol. The van der Waals surface area contributed by atoms with Gasteiger partial charge in [-0.15, -0.1) is 12.4 Å². The number of amides is 1. The van der Waals surface area contributed by atoms with Crippen LogP contribution in [-0.4, -0.2) is 43.5 Å². The molecule has 0 radical (unpaired) electrons. The van der Waals surface area contributed by atoms with E-state index in [4.69, 9.17) is 0 Å². The maximum absolute atomic E-state index is 11.9. The van der Waals surface area contributed by atoms with Gasteiger partial charge in [-0.1, -0.05) is 19.1 Å². The summed E-state index contributed by atoms with van der Waals surface area (Å²) in [5, 5.41) is 6.16. The zero-order chi connectivity index (χ0) is 13.0. The van der Waals surface area contributed by atoms with Gasteiger partial charge in [0, 0.05) is 24.8 Å². The van der Waals surface area contributed by atoms with Crippen molar-refractivity contribution in [3.05, 3.63) is 29.8 Å². The topological polar surface area (TPSA) is 44.4 Å². The third-order valence-corrected chi connectivity index (χ3v) is 3.40. The van der Waals surface area contributed by atoms with Gasteiger partial charge in [-0.25, -0.2) is 0 Å². The lowest BCUT2D eigenvalue weighted by Crippen LogP contribution is -2.57. The molecule has 0 bridgehead atoms. The molecule has 1 aliphatic heterocycles. The number of rotatable bonds is 5. The molecule has 0 saturated carbocycles. The molecule has 106 valence electrons. The molecule has 0 aliphatic carbocycles. The second kappa shape index (κ2) is 7.48. The van der Waals surface area contributed by atoms with E-state index in [0.29, 0.717) is 12.6 Å². The molecule has 1 saturated heterocycles. The summed E-state index contributed by atoms with van der Waals surface area (Å²) in [6, 6.07) is 8.51. The van der Waals surface area contributed by atoms with E-state index in [2.05, 4.69) is 28.5 Å². The highest BCUT2D eigenvalue weighted by atomic mass is 35.5. The highest BCUT2D eigenvalue weighted by Gasteiger charge is 2.22. The van der Waals surface area contributed by atoms with E-state index in [9.17, 15) is 4.79 Å². The summed E-state index contributed by atoms with van der Waals surface area (Å²) in [6.45, 7) is 4.52. The van der Waals surface area contributed by atoms with Crippen molar-refractivity contribution < 1.29 is 4.79 Å². The lowest BCUT2D eigenvalue weighted by atomic mass is 10.1. The highest BCUT2D eigenvalue weighted by molar-refractivity contribution is 5.92. The molecule has 1 aromatic carbocycles. The number of hydrogen-bond donors (Lipinski definition) is 2. The van der Waals surface area contributed by atoms with Crippen LogP contribution in [0.3, 0.4) is 0 Å². The van der Waals surface area contributed by atoms with E-state index in [1.54, 1.807) is 0 Å². The Balaban J connectivity index is 0.00000180. The van der Waals surface area contributed by atoms with Crippen LogP contribution in [0.15, 0.2) is 24.3 Å². The molecule has 1 heterocycles. The number of carbonyl (C=O) groups excluding carboxylic acids is 1. The Morgan fingerprint density at radius 1 is 1.47 bits per heavy atom. The van der Waals surface area contributed by atoms with Crippen LogP contribution in [0.25, 0.3) is 0 Å². The molecular weight excluding hydrogens is 262 g/mol. The van der Waals surface area contributed by atoms with E-state index >= 15 is 0 Å². The average molecular weight is 284 g/mol. The molecule has 1 aliphatic rings. The predicted octanol–water partition coefficient (Wildman–Crippen LogP) is 1.51. The molecule has 5 heteroatoms. The second-order valence-corrected chi connectivity index (χ2v) is 4.83.